The van der Waals surface area contributed by atoms with Gasteiger partial charge in [-0.1, -0.05) is 12.1 Å². The van der Waals surface area contributed by atoms with E-state index >= 15 is 0 Å². The third kappa shape index (κ3) is 3.51. The Kier molecular flexibility index (Phi) is 3.75. The predicted octanol–water partition coefficient (Wildman–Crippen LogP) is 2.51. The topological polar surface area (TPSA) is 76.2 Å². The normalized spacial score (nSPS) is 11.4. The number of nitrogen functional groups attached to an aromatic ring is 1. The molecule has 0 atom stereocenters. The highest BCUT2D eigenvalue weighted by Crippen LogP contribution is 2.09. The zero-order chi connectivity index (χ0) is 13.8. The van der Waals surface area contributed by atoms with Crippen LogP contribution in [0.4, 0.5) is 11.5 Å². The summed E-state index contributed by atoms with van der Waals surface area (Å²) in [5, 5.41) is 4.31. The van der Waals surface area contributed by atoms with Crippen LogP contribution in [0.2, 0.25) is 0 Å². The molecule has 0 unspecified atom stereocenters. The molecule has 0 saturated carbocycles. The van der Waals surface area contributed by atoms with Crippen molar-refractivity contribution in [3.63, 3.8) is 0 Å². The molecule has 19 heavy (non-hydrogen) atoms. The lowest BCUT2D eigenvalue weighted by Gasteiger charge is -2.05. The molecule has 0 amide bonds. The Hall–Kier alpha value is -2.43. The molecule has 3 N–H and O–H groups in total. The molecule has 5 nitrogen and oxygen atoms in total. The molecule has 2 rings (SSSR count). The maximum Gasteiger partial charge on any atom is 0.150 e. The zero-order valence-corrected chi connectivity index (χ0v) is 11.3. The summed E-state index contributed by atoms with van der Waals surface area (Å²) in [4.78, 5) is 8.48. The molecule has 1 aromatic carbocycles. The highest BCUT2D eigenvalue weighted by atomic mass is 15.3. The molecule has 0 aliphatic rings. The summed E-state index contributed by atoms with van der Waals surface area (Å²) in [5.74, 6) is 1.42. The lowest BCUT2D eigenvalue weighted by Crippen LogP contribution is -2.03. The summed E-state index contributed by atoms with van der Waals surface area (Å²) in [6, 6.07) is 9.44. The standard InChI is InChI=1S/C14H17N5/c1-9-8-14(17-11(3)16-9)19-18-10(2)12-4-6-13(15)7-5-12/h4-8H,15H2,1-3H3,(H,16,17,19)/b18-10+. The van der Waals surface area contributed by atoms with Crippen LogP contribution >= 0.6 is 0 Å². The van der Waals surface area contributed by atoms with Crippen molar-refractivity contribution < 1.29 is 0 Å². The Morgan fingerprint density at radius 2 is 1.84 bits per heavy atom. The summed E-state index contributed by atoms with van der Waals surface area (Å²) < 4.78 is 0. The number of nitrogens with two attached hydrogens (primary N) is 1. The van der Waals surface area contributed by atoms with Gasteiger partial charge in [0.05, 0.1) is 5.71 Å². The average Bonchev–Trinajstić information content (AvgIpc) is 2.36. The van der Waals surface area contributed by atoms with Gasteiger partial charge in [-0.15, -0.1) is 0 Å². The molecule has 1 aromatic heterocycles. The molecule has 98 valence electrons. The quantitative estimate of drug-likeness (QED) is 0.502. The highest BCUT2D eigenvalue weighted by molar-refractivity contribution is 5.99. The Morgan fingerprint density at radius 1 is 1.16 bits per heavy atom. The van der Waals surface area contributed by atoms with Crippen molar-refractivity contribution in [1.29, 1.82) is 0 Å². The number of hydrogen-bond donors (Lipinski definition) is 2. The lowest BCUT2D eigenvalue weighted by atomic mass is 10.1. The first kappa shape index (κ1) is 13.0. The maximum absolute atomic E-state index is 5.65. The molecule has 1 heterocycles. The van der Waals surface area contributed by atoms with Crippen LogP contribution in [0.5, 0.6) is 0 Å². The molecule has 0 saturated heterocycles. The average molecular weight is 255 g/mol. The van der Waals surface area contributed by atoms with Crippen molar-refractivity contribution >= 4 is 17.2 Å². The van der Waals surface area contributed by atoms with Gasteiger partial charge >= 0.3 is 0 Å². The van der Waals surface area contributed by atoms with Gasteiger partial charge in [0.2, 0.25) is 0 Å². The van der Waals surface area contributed by atoms with Crippen molar-refractivity contribution in [1.82, 2.24) is 9.97 Å². The van der Waals surface area contributed by atoms with Crippen molar-refractivity contribution in [2.24, 2.45) is 5.10 Å². The number of hydrogen-bond acceptors (Lipinski definition) is 5. The molecule has 0 fully saturated rings. The second-order valence-electron chi connectivity index (χ2n) is 4.37. The summed E-state index contributed by atoms with van der Waals surface area (Å²) in [5.41, 5.74) is 12.1. The van der Waals surface area contributed by atoms with Crippen LogP contribution in [-0.4, -0.2) is 15.7 Å². The van der Waals surface area contributed by atoms with E-state index in [-0.39, 0.29) is 0 Å². The molecule has 0 aliphatic heterocycles. The van der Waals surface area contributed by atoms with E-state index < -0.39 is 0 Å². The fraction of sp³-hybridized carbons (Fsp3) is 0.214. The number of nitrogens with one attached hydrogen (secondary N) is 1. The lowest BCUT2D eigenvalue weighted by molar-refractivity contribution is 1.00. The first-order valence-corrected chi connectivity index (χ1v) is 6.03. The molecule has 0 radical (unpaired) electrons. The number of aryl methyl sites for hydroxylation is 2. The Labute approximate surface area is 112 Å². The third-order valence-corrected chi connectivity index (χ3v) is 2.63. The Morgan fingerprint density at radius 3 is 2.47 bits per heavy atom. The minimum absolute atomic E-state index is 0.694. The van der Waals surface area contributed by atoms with E-state index in [0.29, 0.717) is 5.82 Å². The monoisotopic (exact) mass is 255 g/mol. The summed E-state index contributed by atoms with van der Waals surface area (Å²) in [6.45, 7) is 5.71. The van der Waals surface area contributed by atoms with Crippen LogP contribution in [0.15, 0.2) is 35.4 Å². The van der Waals surface area contributed by atoms with E-state index in [4.69, 9.17) is 5.73 Å². The highest BCUT2D eigenvalue weighted by Gasteiger charge is 1.99. The maximum atomic E-state index is 5.65. The van der Waals surface area contributed by atoms with Crippen molar-refractivity contribution in [2.75, 3.05) is 11.2 Å². The van der Waals surface area contributed by atoms with Gasteiger partial charge in [0.1, 0.15) is 11.6 Å². The summed E-state index contributed by atoms with van der Waals surface area (Å²) >= 11 is 0. The number of nitrogens with zero attached hydrogens (tertiary/aromatic N) is 3. The number of rotatable bonds is 3. The predicted molar refractivity (Wildman–Crippen MR) is 78.2 cm³/mol. The van der Waals surface area contributed by atoms with Crippen LogP contribution in [0.1, 0.15) is 24.0 Å². The van der Waals surface area contributed by atoms with Crippen LogP contribution in [0, 0.1) is 13.8 Å². The Balaban J connectivity index is 2.15. The number of hydrazone groups is 1. The van der Waals surface area contributed by atoms with Gasteiger partial charge in [-0.05, 0) is 38.5 Å². The summed E-state index contributed by atoms with van der Waals surface area (Å²) in [7, 11) is 0. The van der Waals surface area contributed by atoms with Crippen LogP contribution in [0.3, 0.4) is 0 Å². The van der Waals surface area contributed by atoms with Gasteiger partial charge in [0.15, 0.2) is 0 Å². The molecule has 5 heteroatoms. The van der Waals surface area contributed by atoms with Crippen LogP contribution < -0.4 is 11.2 Å². The van der Waals surface area contributed by atoms with E-state index in [1.165, 1.54) is 0 Å². The first-order chi connectivity index (χ1) is 9.04. The third-order valence-electron chi connectivity index (χ3n) is 2.63. The smallest absolute Gasteiger partial charge is 0.150 e. The second kappa shape index (κ2) is 5.48. The van der Waals surface area contributed by atoms with Gasteiger partial charge in [-0.25, -0.2) is 9.97 Å². The molecular formula is C14H17N5. The SMILES string of the molecule is C/C(=N\Nc1cc(C)nc(C)n1)c1ccc(N)cc1. The number of benzene rings is 1. The minimum atomic E-state index is 0.694. The van der Waals surface area contributed by atoms with Gasteiger partial charge < -0.3 is 5.73 Å². The van der Waals surface area contributed by atoms with Gasteiger partial charge in [-0.2, -0.15) is 5.10 Å². The van der Waals surface area contributed by atoms with E-state index in [2.05, 4.69) is 20.5 Å². The molecule has 0 bridgehead atoms. The summed E-state index contributed by atoms with van der Waals surface area (Å²) in [6.07, 6.45) is 0. The largest absolute Gasteiger partial charge is 0.399 e. The van der Waals surface area contributed by atoms with E-state index in [0.717, 1.165) is 28.5 Å². The second-order valence-corrected chi connectivity index (χ2v) is 4.37. The molecular weight excluding hydrogens is 238 g/mol. The zero-order valence-electron chi connectivity index (χ0n) is 11.3. The fourth-order valence-electron chi connectivity index (χ4n) is 1.70. The van der Waals surface area contributed by atoms with E-state index in [1.807, 2.05) is 51.1 Å². The van der Waals surface area contributed by atoms with Crippen LogP contribution in [-0.2, 0) is 0 Å². The first-order valence-electron chi connectivity index (χ1n) is 6.03. The van der Waals surface area contributed by atoms with Crippen molar-refractivity contribution in [3.05, 3.63) is 47.4 Å². The fourth-order valence-corrected chi connectivity index (χ4v) is 1.70. The molecule has 2 aromatic rings. The van der Waals surface area contributed by atoms with Gasteiger partial charge in [-0.3, -0.25) is 5.43 Å². The van der Waals surface area contributed by atoms with Crippen molar-refractivity contribution in [2.45, 2.75) is 20.8 Å². The molecule has 0 aliphatic carbocycles. The minimum Gasteiger partial charge on any atom is -0.399 e. The van der Waals surface area contributed by atoms with Gasteiger partial charge in [0.25, 0.3) is 0 Å². The van der Waals surface area contributed by atoms with E-state index in [9.17, 15) is 0 Å². The van der Waals surface area contributed by atoms with Gasteiger partial charge in [0, 0.05) is 17.4 Å². The Bertz CT molecular complexity index is 581. The van der Waals surface area contributed by atoms with Crippen LogP contribution in [0.25, 0.3) is 0 Å². The van der Waals surface area contributed by atoms with Crippen molar-refractivity contribution in [3.8, 4) is 0 Å². The number of aromatic nitrogens is 2. The molecule has 0 spiro atoms. The number of anilines is 2. The van der Waals surface area contributed by atoms with E-state index in [1.54, 1.807) is 0 Å².